The van der Waals surface area contributed by atoms with Gasteiger partial charge in [0.15, 0.2) is 0 Å². The molecule has 0 radical (unpaired) electrons. The van der Waals surface area contributed by atoms with E-state index >= 15 is 0 Å². The van der Waals surface area contributed by atoms with E-state index in [4.69, 9.17) is 10.00 Å². The predicted octanol–water partition coefficient (Wildman–Crippen LogP) is 3.49. The number of benzene rings is 2. The summed E-state index contributed by atoms with van der Waals surface area (Å²) in [6, 6.07) is 15.7. The Balaban J connectivity index is 2.09. The summed E-state index contributed by atoms with van der Waals surface area (Å²) < 4.78 is 5.32. The summed E-state index contributed by atoms with van der Waals surface area (Å²) in [5.74, 6) is 0.833. The molecular weight excluding hydrogens is 236 g/mol. The maximum absolute atomic E-state index is 8.75. The average molecular weight is 252 g/mol. The quantitative estimate of drug-likeness (QED) is 0.906. The molecule has 0 saturated carbocycles. The highest BCUT2D eigenvalue weighted by Crippen LogP contribution is 2.25. The van der Waals surface area contributed by atoms with E-state index in [1.54, 1.807) is 7.11 Å². The molecule has 96 valence electrons. The topological polar surface area (TPSA) is 45.0 Å². The molecule has 0 heterocycles. The zero-order valence-electron chi connectivity index (χ0n) is 11.1. The molecule has 0 spiro atoms. The first kappa shape index (κ1) is 13.0. The number of hydrogen-bond acceptors (Lipinski definition) is 3. The summed E-state index contributed by atoms with van der Waals surface area (Å²) in [6.45, 7) is 2.75. The highest BCUT2D eigenvalue weighted by Gasteiger charge is 2.02. The van der Waals surface area contributed by atoms with Crippen LogP contribution in [0.25, 0.3) is 0 Å². The lowest BCUT2D eigenvalue weighted by atomic mass is 10.1. The number of hydrogen-bond donors (Lipinski definition) is 1. The third-order valence-corrected chi connectivity index (χ3v) is 2.92. The van der Waals surface area contributed by atoms with Gasteiger partial charge >= 0.3 is 0 Å². The van der Waals surface area contributed by atoms with Crippen LogP contribution in [0.5, 0.6) is 5.75 Å². The maximum atomic E-state index is 8.75. The molecule has 2 aromatic rings. The van der Waals surface area contributed by atoms with Crippen LogP contribution in [0.15, 0.2) is 42.5 Å². The number of nitrogens with one attached hydrogen (secondary N) is 1. The lowest BCUT2D eigenvalue weighted by molar-refractivity contribution is 0.416. The molecule has 0 atom stereocenters. The number of aryl methyl sites for hydroxylation is 1. The van der Waals surface area contributed by atoms with E-state index in [9.17, 15) is 0 Å². The van der Waals surface area contributed by atoms with Crippen molar-refractivity contribution >= 4 is 5.69 Å². The first-order valence-corrected chi connectivity index (χ1v) is 6.10. The fourth-order valence-corrected chi connectivity index (χ4v) is 1.85. The minimum absolute atomic E-state index is 0.678. The molecular formula is C16H16N2O. The van der Waals surface area contributed by atoms with E-state index in [2.05, 4.69) is 17.5 Å². The van der Waals surface area contributed by atoms with Gasteiger partial charge in [0.05, 0.1) is 24.4 Å². The summed E-state index contributed by atoms with van der Waals surface area (Å²) in [5, 5.41) is 12.1. The Morgan fingerprint density at radius 1 is 1.16 bits per heavy atom. The van der Waals surface area contributed by atoms with Crippen molar-refractivity contribution in [3.05, 3.63) is 59.2 Å². The van der Waals surface area contributed by atoms with Gasteiger partial charge in [-0.25, -0.2) is 0 Å². The summed E-state index contributed by atoms with van der Waals surface area (Å²) in [5.41, 5.74) is 3.97. The fraction of sp³-hybridized carbons (Fsp3) is 0.188. The molecule has 2 aromatic carbocycles. The van der Waals surface area contributed by atoms with Crippen molar-refractivity contribution in [3.8, 4) is 11.8 Å². The molecule has 0 aliphatic carbocycles. The molecule has 0 saturated heterocycles. The van der Waals surface area contributed by atoms with E-state index in [0.29, 0.717) is 12.1 Å². The highest BCUT2D eigenvalue weighted by atomic mass is 16.5. The SMILES string of the molecule is COc1ccc(C)cc1NCc1ccc(C#N)cc1. The number of nitriles is 1. The molecule has 0 aromatic heterocycles. The molecule has 0 amide bonds. The number of ether oxygens (including phenoxy) is 1. The first-order valence-electron chi connectivity index (χ1n) is 6.10. The summed E-state index contributed by atoms with van der Waals surface area (Å²) in [6.07, 6.45) is 0. The van der Waals surface area contributed by atoms with Gasteiger partial charge in [0.2, 0.25) is 0 Å². The Labute approximate surface area is 113 Å². The van der Waals surface area contributed by atoms with Crippen molar-refractivity contribution in [2.45, 2.75) is 13.5 Å². The Hall–Kier alpha value is -2.47. The van der Waals surface area contributed by atoms with Gasteiger partial charge in [-0.2, -0.15) is 5.26 Å². The summed E-state index contributed by atoms with van der Waals surface area (Å²) in [4.78, 5) is 0. The fourth-order valence-electron chi connectivity index (χ4n) is 1.85. The lowest BCUT2D eigenvalue weighted by Crippen LogP contribution is -2.01. The Kier molecular flexibility index (Phi) is 4.04. The largest absolute Gasteiger partial charge is 0.495 e. The summed E-state index contributed by atoms with van der Waals surface area (Å²) >= 11 is 0. The molecule has 0 aliphatic heterocycles. The van der Waals surface area contributed by atoms with Gasteiger partial charge in [0, 0.05) is 6.54 Å². The molecule has 0 unspecified atom stereocenters. The van der Waals surface area contributed by atoms with Crippen molar-refractivity contribution in [2.75, 3.05) is 12.4 Å². The molecule has 1 N–H and O–H groups in total. The average Bonchev–Trinajstić information content (AvgIpc) is 2.46. The van der Waals surface area contributed by atoms with Crippen LogP contribution in [0.1, 0.15) is 16.7 Å². The Morgan fingerprint density at radius 3 is 2.53 bits per heavy atom. The van der Waals surface area contributed by atoms with Crippen molar-refractivity contribution in [1.82, 2.24) is 0 Å². The van der Waals surface area contributed by atoms with Crippen molar-refractivity contribution in [3.63, 3.8) is 0 Å². The first-order chi connectivity index (χ1) is 9.22. The Morgan fingerprint density at radius 2 is 1.89 bits per heavy atom. The molecule has 2 rings (SSSR count). The minimum atomic E-state index is 0.678. The smallest absolute Gasteiger partial charge is 0.141 e. The van der Waals surface area contributed by atoms with E-state index in [1.165, 1.54) is 5.56 Å². The third kappa shape index (κ3) is 3.26. The monoisotopic (exact) mass is 252 g/mol. The van der Waals surface area contributed by atoms with Crippen LogP contribution in [0.2, 0.25) is 0 Å². The van der Waals surface area contributed by atoms with E-state index < -0.39 is 0 Å². The van der Waals surface area contributed by atoms with E-state index in [1.807, 2.05) is 43.3 Å². The molecule has 0 fully saturated rings. The van der Waals surface area contributed by atoms with Gasteiger partial charge in [0.25, 0.3) is 0 Å². The van der Waals surface area contributed by atoms with Gasteiger partial charge in [-0.05, 0) is 42.3 Å². The number of nitrogens with zero attached hydrogens (tertiary/aromatic N) is 1. The Bertz CT molecular complexity index is 597. The van der Waals surface area contributed by atoms with Crippen LogP contribution in [0, 0.1) is 18.3 Å². The van der Waals surface area contributed by atoms with Crippen molar-refractivity contribution < 1.29 is 4.74 Å². The highest BCUT2D eigenvalue weighted by molar-refractivity contribution is 5.58. The van der Waals surface area contributed by atoms with Crippen LogP contribution in [0.3, 0.4) is 0 Å². The zero-order valence-corrected chi connectivity index (χ0v) is 11.1. The molecule has 19 heavy (non-hydrogen) atoms. The van der Waals surface area contributed by atoms with Crippen molar-refractivity contribution in [1.29, 1.82) is 5.26 Å². The van der Waals surface area contributed by atoms with Crippen LogP contribution in [0.4, 0.5) is 5.69 Å². The third-order valence-electron chi connectivity index (χ3n) is 2.92. The molecule has 0 bridgehead atoms. The number of methoxy groups -OCH3 is 1. The molecule has 0 aliphatic rings. The van der Waals surface area contributed by atoms with Gasteiger partial charge in [-0.15, -0.1) is 0 Å². The van der Waals surface area contributed by atoms with Crippen LogP contribution in [-0.4, -0.2) is 7.11 Å². The second-order valence-electron chi connectivity index (χ2n) is 4.37. The zero-order chi connectivity index (χ0) is 13.7. The lowest BCUT2D eigenvalue weighted by Gasteiger charge is -2.12. The standard InChI is InChI=1S/C16H16N2O/c1-12-3-8-16(19-2)15(9-12)18-11-14-6-4-13(10-17)5-7-14/h3-9,18H,11H2,1-2H3. The predicted molar refractivity (Wildman–Crippen MR) is 76.2 cm³/mol. The van der Waals surface area contributed by atoms with Crippen LogP contribution in [-0.2, 0) is 6.54 Å². The second kappa shape index (κ2) is 5.92. The van der Waals surface area contributed by atoms with Gasteiger partial charge in [-0.1, -0.05) is 18.2 Å². The van der Waals surface area contributed by atoms with Crippen molar-refractivity contribution in [2.24, 2.45) is 0 Å². The number of anilines is 1. The number of rotatable bonds is 4. The maximum Gasteiger partial charge on any atom is 0.141 e. The van der Waals surface area contributed by atoms with Crippen LogP contribution < -0.4 is 10.1 Å². The molecule has 3 nitrogen and oxygen atoms in total. The summed E-state index contributed by atoms with van der Waals surface area (Å²) in [7, 11) is 1.66. The molecule has 3 heteroatoms. The minimum Gasteiger partial charge on any atom is -0.495 e. The van der Waals surface area contributed by atoms with Gasteiger partial charge < -0.3 is 10.1 Å². The van der Waals surface area contributed by atoms with Gasteiger partial charge in [-0.3, -0.25) is 0 Å². The van der Waals surface area contributed by atoms with E-state index in [0.717, 1.165) is 17.0 Å². The second-order valence-corrected chi connectivity index (χ2v) is 4.37. The van der Waals surface area contributed by atoms with Gasteiger partial charge in [0.1, 0.15) is 5.75 Å². The van der Waals surface area contributed by atoms with E-state index in [-0.39, 0.29) is 0 Å². The normalized spacial score (nSPS) is 9.74. The van der Waals surface area contributed by atoms with Crippen LogP contribution >= 0.6 is 0 Å².